The van der Waals surface area contributed by atoms with Crippen LogP contribution in [-0.4, -0.2) is 25.3 Å². The smallest absolute Gasteiger partial charge is 0.0576 e. The molecule has 2 aliphatic heterocycles. The van der Waals surface area contributed by atoms with Crippen molar-refractivity contribution in [1.82, 2.24) is 5.32 Å². The second-order valence-electron chi connectivity index (χ2n) is 4.15. The zero-order chi connectivity index (χ0) is 8.39. The molecule has 2 saturated heterocycles. The summed E-state index contributed by atoms with van der Waals surface area (Å²) in [5.41, 5.74) is 0. The molecule has 3 atom stereocenters. The van der Waals surface area contributed by atoms with Gasteiger partial charge in [0.25, 0.3) is 0 Å². The lowest BCUT2D eigenvalue weighted by molar-refractivity contribution is 0.101. The minimum Gasteiger partial charge on any atom is -0.378 e. The van der Waals surface area contributed by atoms with Crippen molar-refractivity contribution in [2.75, 3.05) is 13.2 Å². The highest BCUT2D eigenvalue weighted by Crippen LogP contribution is 2.27. The molecule has 0 aliphatic carbocycles. The van der Waals surface area contributed by atoms with E-state index in [0.717, 1.165) is 18.6 Å². The van der Waals surface area contributed by atoms with Crippen molar-refractivity contribution < 1.29 is 4.74 Å². The largest absolute Gasteiger partial charge is 0.378 e. The van der Waals surface area contributed by atoms with Crippen molar-refractivity contribution in [3.8, 4) is 0 Å². The third kappa shape index (κ3) is 1.80. The summed E-state index contributed by atoms with van der Waals surface area (Å²) < 4.78 is 5.55. The molecule has 1 N–H and O–H groups in total. The molecular formula is C10H19NO. The Balaban J connectivity index is 1.77. The molecule has 70 valence electrons. The van der Waals surface area contributed by atoms with E-state index in [1.54, 1.807) is 0 Å². The minimum absolute atomic E-state index is 0.507. The maximum atomic E-state index is 5.55. The number of rotatable bonds is 2. The van der Waals surface area contributed by atoms with Gasteiger partial charge in [-0.15, -0.1) is 0 Å². The zero-order valence-corrected chi connectivity index (χ0v) is 7.88. The van der Waals surface area contributed by atoms with E-state index in [0.29, 0.717) is 6.10 Å². The Bertz CT molecular complexity index is 143. The van der Waals surface area contributed by atoms with Crippen LogP contribution in [0.15, 0.2) is 0 Å². The van der Waals surface area contributed by atoms with Crippen molar-refractivity contribution in [2.45, 2.75) is 44.8 Å². The van der Waals surface area contributed by atoms with Gasteiger partial charge in [-0.25, -0.2) is 0 Å². The van der Waals surface area contributed by atoms with Crippen LogP contribution in [0.25, 0.3) is 0 Å². The number of ether oxygens (including phenoxy) is 1. The quantitative estimate of drug-likeness (QED) is 0.677. The summed E-state index contributed by atoms with van der Waals surface area (Å²) in [6.07, 6.45) is 5.86. The summed E-state index contributed by atoms with van der Waals surface area (Å²) in [7, 11) is 0. The van der Waals surface area contributed by atoms with Crippen molar-refractivity contribution in [2.24, 2.45) is 5.92 Å². The van der Waals surface area contributed by atoms with Crippen LogP contribution in [0.3, 0.4) is 0 Å². The van der Waals surface area contributed by atoms with Crippen LogP contribution in [0.4, 0.5) is 0 Å². The van der Waals surface area contributed by atoms with Gasteiger partial charge in [-0.1, -0.05) is 0 Å². The molecule has 0 aromatic heterocycles. The van der Waals surface area contributed by atoms with Crippen LogP contribution in [0.2, 0.25) is 0 Å². The van der Waals surface area contributed by atoms with Gasteiger partial charge in [-0.05, 0) is 45.1 Å². The average molecular weight is 169 g/mol. The molecule has 0 bridgehead atoms. The Hall–Kier alpha value is -0.0800. The number of hydrogen-bond acceptors (Lipinski definition) is 2. The first-order chi connectivity index (χ1) is 5.86. The Kier molecular flexibility index (Phi) is 2.66. The first-order valence-corrected chi connectivity index (χ1v) is 5.21. The van der Waals surface area contributed by atoms with Crippen LogP contribution in [0.5, 0.6) is 0 Å². The summed E-state index contributed by atoms with van der Waals surface area (Å²) in [6, 6.07) is 0.791. The molecule has 2 fully saturated rings. The summed E-state index contributed by atoms with van der Waals surface area (Å²) in [5.74, 6) is 0.820. The molecule has 3 unspecified atom stereocenters. The molecule has 2 heteroatoms. The number of hydrogen-bond donors (Lipinski definition) is 1. The highest BCUT2D eigenvalue weighted by molar-refractivity contribution is 4.81. The predicted octanol–water partition coefficient (Wildman–Crippen LogP) is 1.55. The second kappa shape index (κ2) is 3.75. The van der Waals surface area contributed by atoms with Crippen molar-refractivity contribution in [3.05, 3.63) is 0 Å². The molecule has 2 heterocycles. The minimum atomic E-state index is 0.507. The molecule has 0 radical (unpaired) electrons. The zero-order valence-electron chi connectivity index (χ0n) is 7.88. The van der Waals surface area contributed by atoms with Gasteiger partial charge in [-0.2, -0.15) is 0 Å². The van der Waals surface area contributed by atoms with Crippen LogP contribution < -0.4 is 5.32 Å². The van der Waals surface area contributed by atoms with Crippen molar-refractivity contribution >= 4 is 0 Å². The van der Waals surface area contributed by atoms with Gasteiger partial charge < -0.3 is 10.1 Å². The maximum absolute atomic E-state index is 5.55. The predicted molar refractivity (Wildman–Crippen MR) is 49.2 cm³/mol. The fourth-order valence-electron chi connectivity index (χ4n) is 2.41. The lowest BCUT2D eigenvalue weighted by atomic mass is 9.93. The van der Waals surface area contributed by atoms with Crippen LogP contribution in [0, 0.1) is 5.92 Å². The Labute approximate surface area is 74.7 Å². The van der Waals surface area contributed by atoms with Gasteiger partial charge in [0, 0.05) is 12.6 Å². The van der Waals surface area contributed by atoms with Crippen LogP contribution in [0.1, 0.15) is 32.6 Å². The number of nitrogens with one attached hydrogen (secondary N) is 1. The molecule has 2 nitrogen and oxygen atoms in total. The van der Waals surface area contributed by atoms with E-state index < -0.39 is 0 Å². The molecule has 2 aliphatic rings. The van der Waals surface area contributed by atoms with Crippen LogP contribution >= 0.6 is 0 Å². The SMILES string of the molecule is CC1OCCC1CC1CCCN1. The molecule has 0 saturated carbocycles. The van der Waals surface area contributed by atoms with E-state index in [1.165, 1.54) is 32.2 Å². The van der Waals surface area contributed by atoms with Crippen molar-refractivity contribution in [1.29, 1.82) is 0 Å². The maximum Gasteiger partial charge on any atom is 0.0576 e. The summed E-state index contributed by atoms with van der Waals surface area (Å²) in [5, 5.41) is 3.55. The molecular weight excluding hydrogens is 150 g/mol. The standard InChI is InChI=1S/C10H19NO/c1-8-9(4-6-12-8)7-10-3-2-5-11-10/h8-11H,2-7H2,1H3. The first kappa shape index (κ1) is 8.52. The highest BCUT2D eigenvalue weighted by atomic mass is 16.5. The molecule has 0 aromatic carbocycles. The molecule has 0 aromatic rings. The molecule has 12 heavy (non-hydrogen) atoms. The second-order valence-corrected chi connectivity index (χ2v) is 4.15. The summed E-state index contributed by atoms with van der Waals surface area (Å²) in [4.78, 5) is 0. The van der Waals surface area contributed by atoms with E-state index in [9.17, 15) is 0 Å². The van der Waals surface area contributed by atoms with E-state index in [1.807, 2.05) is 0 Å². The topological polar surface area (TPSA) is 21.3 Å². The van der Waals surface area contributed by atoms with E-state index in [-0.39, 0.29) is 0 Å². The van der Waals surface area contributed by atoms with E-state index >= 15 is 0 Å². The monoisotopic (exact) mass is 169 g/mol. The lowest BCUT2D eigenvalue weighted by Gasteiger charge is -2.18. The Morgan fingerprint density at radius 3 is 2.92 bits per heavy atom. The normalized spacial score (nSPS) is 42.2. The average Bonchev–Trinajstić information content (AvgIpc) is 2.65. The van der Waals surface area contributed by atoms with Gasteiger partial charge in [0.1, 0.15) is 0 Å². The third-order valence-corrected chi connectivity index (χ3v) is 3.28. The van der Waals surface area contributed by atoms with Crippen LogP contribution in [-0.2, 0) is 4.74 Å². The van der Waals surface area contributed by atoms with Crippen molar-refractivity contribution in [3.63, 3.8) is 0 Å². The van der Waals surface area contributed by atoms with E-state index in [2.05, 4.69) is 12.2 Å². The van der Waals surface area contributed by atoms with Gasteiger partial charge in [0.15, 0.2) is 0 Å². The fourth-order valence-corrected chi connectivity index (χ4v) is 2.41. The Morgan fingerprint density at radius 2 is 2.33 bits per heavy atom. The molecule has 0 amide bonds. The summed E-state index contributed by atoms with van der Waals surface area (Å²) >= 11 is 0. The highest BCUT2D eigenvalue weighted by Gasteiger charge is 2.27. The van der Waals surface area contributed by atoms with Gasteiger partial charge in [0.2, 0.25) is 0 Å². The fraction of sp³-hybridized carbons (Fsp3) is 1.00. The first-order valence-electron chi connectivity index (χ1n) is 5.21. The summed E-state index contributed by atoms with van der Waals surface area (Å²) in [6.45, 7) is 4.43. The molecule has 0 spiro atoms. The third-order valence-electron chi connectivity index (χ3n) is 3.28. The van der Waals surface area contributed by atoms with Gasteiger partial charge in [-0.3, -0.25) is 0 Å². The van der Waals surface area contributed by atoms with E-state index in [4.69, 9.17) is 4.74 Å². The Morgan fingerprint density at radius 1 is 1.42 bits per heavy atom. The van der Waals surface area contributed by atoms with Gasteiger partial charge in [0.05, 0.1) is 6.10 Å². The lowest BCUT2D eigenvalue weighted by Crippen LogP contribution is -2.26. The van der Waals surface area contributed by atoms with Gasteiger partial charge >= 0.3 is 0 Å². The molecule has 2 rings (SSSR count).